The average molecular weight is 442 g/mol. The van der Waals surface area contributed by atoms with Crippen LogP contribution in [0, 0.1) is 11.8 Å². The SMILES string of the molecule is CCC1CN2CCc3c([nH]c4cccc(OC)c34)C2CC1/C(C=O)=C\O.CCN(C)CC. The van der Waals surface area contributed by atoms with E-state index in [-0.39, 0.29) is 12.0 Å². The standard InChI is InChI=1S/C21H26N2O3.C5H13N/c1-3-13-10-23-8-7-15-20-17(5-4-6-19(20)26-2)22-21(15)18(23)9-16(13)14(11-24)12-25;1-4-6(3)5-2/h4-6,11-13,16,18,22,24H,3,7-10H2,1-2H3;4-5H2,1-3H3/b14-11-;. The minimum absolute atomic E-state index is 0.100. The number of aromatic nitrogens is 1. The number of ether oxygens (including phenoxy) is 1. The van der Waals surface area contributed by atoms with Gasteiger partial charge in [0.15, 0.2) is 0 Å². The number of benzene rings is 1. The third-order valence-electron chi connectivity index (χ3n) is 7.40. The van der Waals surface area contributed by atoms with Gasteiger partial charge in [0.2, 0.25) is 0 Å². The molecule has 0 radical (unpaired) electrons. The molecule has 2 aromatic rings. The van der Waals surface area contributed by atoms with Gasteiger partial charge >= 0.3 is 0 Å². The van der Waals surface area contributed by atoms with Crippen LogP contribution in [0.5, 0.6) is 5.75 Å². The van der Waals surface area contributed by atoms with Gasteiger partial charge in [-0.25, -0.2) is 0 Å². The van der Waals surface area contributed by atoms with Gasteiger partial charge in [-0.15, -0.1) is 0 Å². The van der Waals surface area contributed by atoms with E-state index >= 15 is 0 Å². The predicted molar refractivity (Wildman–Crippen MR) is 130 cm³/mol. The van der Waals surface area contributed by atoms with Crippen LogP contribution in [0.3, 0.4) is 0 Å². The van der Waals surface area contributed by atoms with Crippen molar-refractivity contribution in [2.45, 2.75) is 46.1 Å². The van der Waals surface area contributed by atoms with Gasteiger partial charge in [0.05, 0.1) is 19.4 Å². The van der Waals surface area contributed by atoms with Crippen LogP contribution in [0.15, 0.2) is 30.0 Å². The number of nitrogens with zero attached hydrogens (tertiary/aromatic N) is 2. The Bertz CT molecular complexity index is 932. The summed E-state index contributed by atoms with van der Waals surface area (Å²) < 4.78 is 5.59. The number of hydrogen-bond acceptors (Lipinski definition) is 5. The number of hydrogen-bond donors (Lipinski definition) is 2. The van der Waals surface area contributed by atoms with Crippen molar-refractivity contribution < 1.29 is 14.6 Å². The number of aliphatic hydroxyl groups is 1. The van der Waals surface area contributed by atoms with Gasteiger partial charge < -0.3 is 19.7 Å². The van der Waals surface area contributed by atoms with Crippen molar-refractivity contribution in [3.63, 3.8) is 0 Å². The number of piperidine rings is 1. The molecule has 0 amide bonds. The number of carbonyl (C=O) groups is 1. The van der Waals surface area contributed by atoms with Crippen molar-refractivity contribution in [1.82, 2.24) is 14.8 Å². The minimum atomic E-state index is 0.100. The number of fused-ring (bicyclic) bond motifs is 5. The number of carbonyl (C=O) groups excluding carboxylic acids is 1. The number of allylic oxidation sites excluding steroid dienone is 1. The molecule has 32 heavy (non-hydrogen) atoms. The van der Waals surface area contributed by atoms with Crippen LogP contribution >= 0.6 is 0 Å². The highest BCUT2D eigenvalue weighted by Gasteiger charge is 2.41. The maximum absolute atomic E-state index is 11.5. The lowest BCUT2D eigenvalue weighted by Gasteiger charge is -2.46. The highest BCUT2D eigenvalue weighted by atomic mass is 16.5. The van der Waals surface area contributed by atoms with E-state index in [1.807, 2.05) is 12.1 Å². The fraction of sp³-hybridized carbons (Fsp3) is 0.577. The van der Waals surface area contributed by atoms with E-state index in [9.17, 15) is 9.90 Å². The van der Waals surface area contributed by atoms with Crippen molar-refractivity contribution in [1.29, 1.82) is 0 Å². The molecule has 6 nitrogen and oxygen atoms in total. The van der Waals surface area contributed by atoms with Crippen LogP contribution in [0.1, 0.15) is 50.9 Å². The minimum Gasteiger partial charge on any atom is -0.515 e. The smallest absolute Gasteiger partial charge is 0.149 e. The van der Waals surface area contributed by atoms with E-state index in [2.05, 4.69) is 48.7 Å². The third kappa shape index (κ3) is 4.71. The summed E-state index contributed by atoms with van der Waals surface area (Å²) in [6, 6.07) is 6.37. The molecule has 0 aliphatic carbocycles. The average Bonchev–Trinajstić information content (AvgIpc) is 3.23. The Morgan fingerprint density at radius 1 is 1.31 bits per heavy atom. The Labute approximate surface area is 192 Å². The topological polar surface area (TPSA) is 68.8 Å². The van der Waals surface area contributed by atoms with E-state index in [0.717, 1.165) is 69.3 Å². The number of aldehydes is 1. The first-order valence-electron chi connectivity index (χ1n) is 11.9. The quantitative estimate of drug-likeness (QED) is 0.386. The van der Waals surface area contributed by atoms with Crippen LogP contribution in [-0.4, -0.2) is 66.5 Å². The van der Waals surface area contributed by atoms with E-state index in [0.29, 0.717) is 11.5 Å². The number of methoxy groups -OCH3 is 1. The van der Waals surface area contributed by atoms with Crippen LogP contribution in [0.25, 0.3) is 10.9 Å². The molecule has 4 rings (SSSR count). The zero-order valence-corrected chi connectivity index (χ0v) is 20.2. The Balaban J connectivity index is 0.000000427. The molecule has 2 aliphatic heterocycles. The molecular formula is C26H39N3O3. The lowest BCUT2D eigenvalue weighted by atomic mass is 9.74. The van der Waals surface area contributed by atoms with E-state index in [4.69, 9.17) is 4.74 Å². The zero-order chi connectivity index (χ0) is 23.3. The highest BCUT2D eigenvalue weighted by Crippen LogP contribution is 2.46. The van der Waals surface area contributed by atoms with E-state index < -0.39 is 0 Å². The van der Waals surface area contributed by atoms with Gasteiger partial charge in [-0.2, -0.15) is 0 Å². The van der Waals surface area contributed by atoms with Gasteiger partial charge in [-0.1, -0.05) is 33.3 Å². The maximum Gasteiger partial charge on any atom is 0.149 e. The summed E-state index contributed by atoms with van der Waals surface area (Å²) in [4.78, 5) is 19.9. The van der Waals surface area contributed by atoms with Crippen molar-refractivity contribution in [2.75, 3.05) is 40.3 Å². The fourth-order valence-electron chi connectivity index (χ4n) is 5.22. The van der Waals surface area contributed by atoms with E-state index in [1.165, 1.54) is 16.6 Å². The zero-order valence-electron chi connectivity index (χ0n) is 20.2. The first-order valence-corrected chi connectivity index (χ1v) is 11.9. The molecule has 1 saturated heterocycles. The molecule has 0 spiro atoms. The molecule has 0 bridgehead atoms. The predicted octanol–water partition coefficient (Wildman–Crippen LogP) is 4.72. The van der Waals surface area contributed by atoms with Crippen LogP contribution in [0.2, 0.25) is 0 Å². The first kappa shape index (κ1) is 24.3. The number of H-pyrrole nitrogens is 1. The Hall–Kier alpha value is -2.31. The molecule has 1 fully saturated rings. The van der Waals surface area contributed by atoms with Crippen molar-refractivity contribution in [2.24, 2.45) is 11.8 Å². The second-order valence-corrected chi connectivity index (χ2v) is 8.91. The molecule has 2 aliphatic rings. The van der Waals surface area contributed by atoms with E-state index in [1.54, 1.807) is 7.11 Å². The number of aromatic amines is 1. The Morgan fingerprint density at radius 3 is 2.62 bits per heavy atom. The molecule has 6 heteroatoms. The Morgan fingerprint density at radius 2 is 2.06 bits per heavy atom. The van der Waals surface area contributed by atoms with Crippen molar-refractivity contribution >= 4 is 17.2 Å². The summed E-state index contributed by atoms with van der Waals surface area (Å²) in [5.41, 5.74) is 4.22. The summed E-state index contributed by atoms with van der Waals surface area (Å²) in [7, 11) is 3.83. The second-order valence-electron chi connectivity index (χ2n) is 8.91. The van der Waals surface area contributed by atoms with Crippen LogP contribution in [0.4, 0.5) is 0 Å². The first-order chi connectivity index (χ1) is 15.5. The van der Waals surface area contributed by atoms with Crippen LogP contribution < -0.4 is 4.74 Å². The largest absolute Gasteiger partial charge is 0.515 e. The lowest BCUT2D eigenvalue weighted by Crippen LogP contribution is -2.46. The summed E-state index contributed by atoms with van der Waals surface area (Å²) >= 11 is 0. The number of nitrogens with one attached hydrogen (secondary N) is 1. The Kier molecular flexibility index (Phi) is 8.38. The van der Waals surface area contributed by atoms with Gasteiger partial charge in [0.25, 0.3) is 0 Å². The number of rotatable bonds is 6. The van der Waals surface area contributed by atoms with Crippen molar-refractivity contribution in [3.8, 4) is 5.75 Å². The fourth-order valence-corrected chi connectivity index (χ4v) is 5.22. The highest BCUT2D eigenvalue weighted by molar-refractivity contribution is 5.91. The second kappa shape index (κ2) is 11.0. The molecule has 1 aromatic heterocycles. The molecule has 2 N–H and O–H groups in total. The van der Waals surface area contributed by atoms with Gasteiger partial charge in [-0.05, 0) is 62.5 Å². The summed E-state index contributed by atoms with van der Waals surface area (Å²) in [5.74, 6) is 1.41. The van der Waals surface area contributed by atoms with Crippen molar-refractivity contribution in [3.05, 3.63) is 41.3 Å². The van der Waals surface area contributed by atoms with Gasteiger partial charge in [0.1, 0.15) is 12.0 Å². The molecule has 1 aromatic carbocycles. The number of aliphatic hydroxyl groups excluding tert-OH is 1. The molecular weight excluding hydrogens is 402 g/mol. The molecule has 3 heterocycles. The summed E-state index contributed by atoms with van der Waals surface area (Å²) in [6.07, 6.45) is 4.69. The normalized spacial score (nSPS) is 23.3. The molecule has 0 saturated carbocycles. The monoisotopic (exact) mass is 441 g/mol. The molecule has 3 unspecified atom stereocenters. The summed E-state index contributed by atoms with van der Waals surface area (Å²) in [6.45, 7) is 10.8. The molecule has 176 valence electrons. The third-order valence-corrected chi connectivity index (χ3v) is 7.40. The lowest BCUT2D eigenvalue weighted by molar-refractivity contribution is -0.106. The van der Waals surface area contributed by atoms with Gasteiger partial charge in [0, 0.05) is 35.3 Å². The van der Waals surface area contributed by atoms with Gasteiger partial charge in [-0.3, -0.25) is 9.69 Å². The molecule has 3 atom stereocenters. The maximum atomic E-state index is 11.5. The van der Waals surface area contributed by atoms with Crippen LogP contribution in [-0.2, 0) is 11.2 Å². The summed E-state index contributed by atoms with van der Waals surface area (Å²) in [5, 5.41) is 10.7.